The molecule has 0 bridgehead atoms. The Morgan fingerprint density at radius 1 is 1.00 bits per heavy atom. The highest BCUT2D eigenvalue weighted by Crippen LogP contribution is 2.53. The van der Waals surface area contributed by atoms with Crippen LogP contribution in [0.1, 0.15) is 33.6 Å². The Bertz CT molecular complexity index is 1820. The molecule has 6 rings (SSSR count). The van der Waals surface area contributed by atoms with Crippen molar-refractivity contribution in [3.63, 3.8) is 0 Å². The molecule has 1 saturated heterocycles. The maximum absolute atomic E-state index is 14.0. The summed E-state index contributed by atoms with van der Waals surface area (Å²) >= 11 is 8.07. The van der Waals surface area contributed by atoms with Gasteiger partial charge in [-0.15, -0.1) is 0 Å². The molecule has 3 aromatic carbocycles. The van der Waals surface area contributed by atoms with E-state index in [1.54, 1.807) is 67.6 Å². The summed E-state index contributed by atoms with van der Waals surface area (Å²) in [5.41, 5.74) is 1.87. The summed E-state index contributed by atoms with van der Waals surface area (Å²) in [7, 11) is 0. The van der Waals surface area contributed by atoms with Gasteiger partial charge in [0.1, 0.15) is 11.0 Å². The Kier molecular flexibility index (Phi) is 8.30. The van der Waals surface area contributed by atoms with Crippen LogP contribution in [0.5, 0.6) is 5.75 Å². The standard InChI is InChI=1S/C31H24ClN3O7S2/c1-2-41-30(39)16-6-12-20(13-7-16)35-28(37)24-23(25-27(34-31(40)44-25)43-26(24)29(35)38)17-4-3-5-21(14-17)42-15-22(36)33-19-10-8-18(32)9-11-19/h3-14,23-24,26H,2,15H2,1H3,(H,33,36)(H,34,40)/t23-,24-,26+/m0/s1. The molecule has 3 amide bonds. The van der Waals surface area contributed by atoms with Crippen LogP contribution in [-0.2, 0) is 19.1 Å². The highest BCUT2D eigenvalue weighted by Gasteiger charge is 2.56. The molecule has 0 unspecified atom stereocenters. The van der Waals surface area contributed by atoms with Crippen molar-refractivity contribution in [2.75, 3.05) is 23.4 Å². The average molecular weight is 650 g/mol. The predicted octanol–water partition coefficient (Wildman–Crippen LogP) is 5.08. The molecule has 2 N–H and O–H groups in total. The van der Waals surface area contributed by atoms with Crippen molar-refractivity contribution >= 4 is 69.8 Å². The number of ether oxygens (including phenoxy) is 2. The van der Waals surface area contributed by atoms with E-state index in [0.717, 1.165) is 16.2 Å². The summed E-state index contributed by atoms with van der Waals surface area (Å²) < 4.78 is 10.8. The number of hydrogen-bond acceptors (Lipinski definition) is 9. The molecule has 44 heavy (non-hydrogen) atoms. The van der Waals surface area contributed by atoms with E-state index in [9.17, 15) is 24.0 Å². The molecule has 0 aliphatic carbocycles. The van der Waals surface area contributed by atoms with Crippen LogP contribution in [0.3, 0.4) is 0 Å². The summed E-state index contributed by atoms with van der Waals surface area (Å²) in [5.74, 6) is -2.74. The molecule has 13 heteroatoms. The van der Waals surface area contributed by atoms with E-state index in [2.05, 4.69) is 10.3 Å². The number of esters is 1. The number of thioether (sulfide) groups is 1. The first-order valence-electron chi connectivity index (χ1n) is 13.6. The van der Waals surface area contributed by atoms with E-state index in [4.69, 9.17) is 21.1 Å². The van der Waals surface area contributed by atoms with Crippen LogP contribution in [0.2, 0.25) is 5.02 Å². The van der Waals surface area contributed by atoms with Crippen LogP contribution in [0.25, 0.3) is 0 Å². The third-order valence-corrected chi connectivity index (χ3v) is 9.83. The van der Waals surface area contributed by atoms with E-state index in [1.807, 2.05) is 0 Å². The number of fused-ring (bicyclic) bond motifs is 2. The van der Waals surface area contributed by atoms with Crippen LogP contribution < -0.4 is 19.8 Å². The van der Waals surface area contributed by atoms with Crippen molar-refractivity contribution in [3.8, 4) is 5.75 Å². The second-order valence-electron chi connectivity index (χ2n) is 9.95. The quantitative estimate of drug-likeness (QED) is 0.199. The summed E-state index contributed by atoms with van der Waals surface area (Å²) in [6.45, 7) is 1.66. The maximum Gasteiger partial charge on any atom is 0.338 e. The monoisotopic (exact) mass is 649 g/mol. The lowest BCUT2D eigenvalue weighted by atomic mass is 9.83. The lowest BCUT2D eigenvalue weighted by Gasteiger charge is -2.30. The Balaban J connectivity index is 1.26. The van der Waals surface area contributed by atoms with E-state index in [1.165, 1.54) is 23.9 Å². The van der Waals surface area contributed by atoms with Crippen LogP contribution >= 0.6 is 34.7 Å². The molecule has 224 valence electrons. The fraction of sp³-hybridized carbons (Fsp3) is 0.194. The second kappa shape index (κ2) is 12.3. The smallest absolute Gasteiger partial charge is 0.338 e. The van der Waals surface area contributed by atoms with Gasteiger partial charge < -0.3 is 19.8 Å². The Morgan fingerprint density at radius 2 is 1.75 bits per heavy atom. The van der Waals surface area contributed by atoms with E-state index < -0.39 is 34.9 Å². The number of amides is 3. The van der Waals surface area contributed by atoms with Gasteiger partial charge in [-0.05, 0) is 73.2 Å². The van der Waals surface area contributed by atoms with Crippen molar-refractivity contribution in [3.05, 3.63) is 103 Å². The normalized spacial score (nSPS) is 18.9. The number of H-pyrrole nitrogens is 1. The average Bonchev–Trinajstić information content (AvgIpc) is 3.51. The Morgan fingerprint density at radius 3 is 2.48 bits per heavy atom. The number of aromatic nitrogens is 1. The maximum atomic E-state index is 14.0. The zero-order chi connectivity index (χ0) is 31.0. The van der Waals surface area contributed by atoms with E-state index in [-0.39, 0.29) is 24.0 Å². The molecule has 1 fully saturated rings. The van der Waals surface area contributed by atoms with Crippen LogP contribution in [0.4, 0.5) is 11.4 Å². The van der Waals surface area contributed by atoms with Gasteiger partial charge in [0, 0.05) is 21.5 Å². The third kappa shape index (κ3) is 5.75. The molecule has 3 heterocycles. The highest BCUT2D eigenvalue weighted by molar-refractivity contribution is 8.00. The van der Waals surface area contributed by atoms with Crippen molar-refractivity contribution < 1.29 is 28.7 Å². The fourth-order valence-electron chi connectivity index (χ4n) is 5.27. The van der Waals surface area contributed by atoms with Gasteiger partial charge >= 0.3 is 10.8 Å². The minimum atomic E-state index is -0.806. The number of nitrogens with zero attached hydrogens (tertiary/aromatic N) is 1. The van der Waals surface area contributed by atoms with Crippen molar-refractivity contribution in [1.29, 1.82) is 0 Å². The highest BCUT2D eigenvalue weighted by atomic mass is 35.5. The number of benzene rings is 3. The lowest BCUT2D eigenvalue weighted by Crippen LogP contribution is -2.32. The number of imide groups is 1. The molecule has 10 nitrogen and oxygen atoms in total. The predicted molar refractivity (Wildman–Crippen MR) is 167 cm³/mol. The number of nitrogens with one attached hydrogen (secondary N) is 2. The van der Waals surface area contributed by atoms with Gasteiger partial charge in [0.15, 0.2) is 6.61 Å². The largest absolute Gasteiger partial charge is 0.484 e. The van der Waals surface area contributed by atoms with Gasteiger partial charge in [0.05, 0.1) is 28.8 Å². The number of carbonyl (C=O) groups excluding carboxylic acids is 4. The SMILES string of the molecule is CCOC(=O)c1ccc(N2C(=O)[C@H]3[C@H](c4cccc(OCC(=O)Nc5ccc(Cl)cc5)c4)c4sc(=O)[nH]c4S[C@H]3C2=O)cc1. The molecule has 2 aliphatic heterocycles. The molecule has 0 radical (unpaired) electrons. The minimum Gasteiger partial charge on any atom is -0.484 e. The number of carbonyl (C=O) groups is 4. The number of anilines is 2. The molecule has 2 aliphatic rings. The molecular formula is C31H24ClN3O7S2. The first-order valence-corrected chi connectivity index (χ1v) is 15.6. The van der Waals surface area contributed by atoms with Crippen molar-refractivity contribution in [1.82, 2.24) is 4.98 Å². The zero-order valence-corrected chi connectivity index (χ0v) is 25.5. The first kappa shape index (κ1) is 29.7. The van der Waals surface area contributed by atoms with Crippen LogP contribution in [0.15, 0.2) is 82.6 Å². The number of hydrogen-bond donors (Lipinski definition) is 2. The summed E-state index contributed by atoms with van der Waals surface area (Å²) in [5, 5.41) is 3.04. The van der Waals surface area contributed by atoms with Crippen LogP contribution in [0, 0.1) is 5.92 Å². The molecule has 3 atom stereocenters. The van der Waals surface area contributed by atoms with Crippen molar-refractivity contribution in [2.24, 2.45) is 5.92 Å². The van der Waals surface area contributed by atoms with Gasteiger partial charge in [-0.3, -0.25) is 19.2 Å². The molecule has 0 saturated carbocycles. The number of rotatable bonds is 8. The number of halogens is 1. The topological polar surface area (TPSA) is 135 Å². The molecular weight excluding hydrogens is 626 g/mol. The van der Waals surface area contributed by atoms with Gasteiger partial charge in [-0.25, -0.2) is 9.69 Å². The van der Waals surface area contributed by atoms with Crippen LogP contribution in [-0.4, -0.2) is 47.1 Å². The van der Waals surface area contributed by atoms with Crippen molar-refractivity contribution in [2.45, 2.75) is 23.1 Å². The van der Waals surface area contributed by atoms with Gasteiger partial charge in [-0.2, -0.15) is 0 Å². The van der Waals surface area contributed by atoms with E-state index >= 15 is 0 Å². The summed E-state index contributed by atoms with van der Waals surface area (Å²) in [4.78, 5) is 69.0. The summed E-state index contributed by atoms with van der Waals surface area (Å²) in [6, 6.07) is 19.7. The lowest BCUT2D eigenvalue weighted by molar-refractivity contribution is -0.122. The molecule has 0 spiro atoms. The molecule has 1 aromatic heterocycles. The Labute approximate surface area is 264 Å². The zero-order valence-electron chi connectivity index (χ0n) is 23.1. The van der Waals surface area contributed by atoms with Gasteiger partial charge in [0.2, 0.25) is 11.8 Å². The first-order chi connectivity index (χ1) is 21.2. The summed E-state index contributed by atoms with van der Waals surface area (Å²) in [6.07, 6.45) is 0. The number of thiazole rings is 1. The second-order valence-corrected chi connectivity index (χ2v) is 12.5. The third-order valence-electron chi connectivity index (χ3n) is 7.18. The fourth-order valence-corrected chi connectivity index (χ4v) is 7.91. The van der Waals surface area contributed by atoms with Gasteiger partial charge in [-0.1, -0.05) is 46.8 Å². The van der Waals surface area contributed by atoms with E-state index in [0.29, 0.717) is 43.2 Å². The molecule has 4 aromatic rings. The van der Waals surface area contributed by atoms with Gasteiger partial charge in [0.25, 0.3) is 5.91 Å². The number of aromatic amines is 1. The minimum absolute atomic E-state index is 0.223. The Hall–Kier alpha value is -4.39.